The van der Waals surface area contributed by atoms with Gasteiger partial charge in [0.05, 0.1) is 0 Å². The molecule has 0 aromatic heterocycles. The number of nitrogens with two attached hydrogens (primary N) is 1. The zero-order chi connectivity index (χ0) is 19.7. The quantitative estimate of drug-likeness (QED) is 0.501. The van der Waals surface area contributed by atoms with Gasteiger partial charge in [-0.15, -0.1) is 0 Å². The molecular formula is C17H29N3O6. The molecule has 0 radical (unpaired) electrons. The minimum atomic E-state index is -0.631. The topological polar surface area (TPSA) is 128 Å². The van der Waals surface area contributed by atoms with Gasteiger partial charge in [-0.2, -0.15) is 0 Å². The number of hydrogen-bond donors (Lipinski definition) is 2. The second-order valence-corrected chi connectivity index (χ2v) is 7.19. The van der Waals surface area contributed by atoms with Crippen molar-refractivity contribution < 1.29 is 28.7 Å². The van der Waals surface area contributed by atoms with E-state index in [9.17, 15) is 19.2 Å². The third kappa shape index (κ3) is 8.17. The van der Waals surface area contributed by atoms with Crippen LogP contribution in [0, 0.1) is 0 Å². The number of nitrogens with zero attached hydrogens (tertiary/aromatic N) is 1. The van der Waals surface area contributed by atoms with Gasteiger partial charge in [0.25, 0.3) is 5.91 Å². The van der Waals surface area contributed by atoms with Crippen LogP contribution in [-0.2, 0) is 23.9 Å². The molecule has 1 fully saturated rings. The molecule has 0 unspecified atom stereocenters. The van der Waals surface area contributed by atoms with Crippen molar-refractivity contribution in [1.82, 2.24) is 10.2 Å². The van der Waals surface area contributed by atoms with Crippen molar-refractivity contribution in [3.05, 3.63) is 0 Å². The summed E-state index contributed by atoms with van der Waals surface area (Å²) in [6.45, 7) is 5.55. The molecule has 1 atom stereocenters. The average molecular weight is 371 g/mol. The van der Waals surface area contributed by atoms with Gasteiger partial charge in [-0.25, -0.2) is 4.79 Å². The molecule has 0 aromatic carbocycles. The second kappa shape index (κ2) is 9.98. The van der Waals surface area contributed by atoms with Gasteiger partial charge in [0, 0.05) is 19.5 Å². The smallest absolute Gasteiger partial charge is 0.407 e. The predicted molar refractivity (Wildman–Crippen MR) is 93.0 cm³/mol. The SMILES string of the molecule is CC(C)(C)OC(=O)NCCCC(=O)OCC(=O)N1CCCC[C@@H]1C(N)=O. The molecule has 9 nitrogen and oxygen atoms in total. The lowest BCUT2D eigenvalue weighted by atomic mass is 10.0. The molecule has 1 rings (SSSR count). The van der Waals surface area contributed by atoms with E-state index in [1.54, 1.807) is 20.8 Å². The first-order valence-electron chi connectivity index (χ1n) is 8.81. The minimum Gasteiger partial charge on any atom is -0.456 e. The van der Waals surface area contributed by atoms with Crippen LogP contribution in [0.15, 0.2) is 0 Å². The van der Waals surface area contributed by atoms with Crippen LogP contribution >= 0.6 is 0 Å². The van der Waals surface area contributed by atoms with Crippen LogP contribution in [0.1, 0.15) is 52.9 Å². The third-order valence-electron chi connectivity index (χ3n) is 3.73. The largest absolute Gasteiger partial charge is 0.456 e. The summed E-state index contributed by atoms with van der Waals surface area (Å²) in [6.07, 6.45) is 2.03. The van der Waals surface area contributed by atoms with Crippen molar-refractivity contribution >= 4 is 23.9 Å². The van der Waals surface area contributed by atoms with Crippen molar-refractivity contribution in [2.45, 2.75) is 64.5 Å². The average Bonchev–Trinajstić information content (AvgIpc) is 2.55. The molecule has 3 amide bonds. The van der Waals surface area contributed by atoms with Gasteiger partial charge in [0.2, 0.25) is 5.91 Å². The molecule has 0 aromatic rings. The number of carbonyl (C=O) groups is 4. The maximum absolute atomic E-state index is 12.1. The molecule has 1 heterocycles. The number of likely N-dealkylation sites (tertiary alicyclic amines) is 1. The van der Waals surface area contributed by atoms with Crippen LogP contribution in [-0.4, -0.2) is 60.1 Å². The van der Waals surface area contributed by atoms with E-state index in [0.29, 0.717) is 19.4 Å². The van der Waals surface area contributed by atoms with E-state index in [0.717, 1.165) is 12.8 Å². The molecule has 0 saturated carbocycles. The summed E-state index contributed by atoms with van der Waals surface area (Å²) in [5.74, 6) is -1.51. The number of nitrogens with one attached hydrogen (secondary N) is 1. The van der Waals surface area contributed by atoms with Crippen LogP contribution < -0.4 is 11.1 Å². The fraction of sp³-hybridized carbons (Fsp3) is 0.765. The van der Waals surface area contributed by atoms with Gasteiger partial charge in [-0.05, 0) is 46.5 Å². The molecule has 1 saturated heterocycles. The molecule has 9 heteroatoms. The highest BCUT2D eigenvalue weighted by atomic mass is 16.6. The van der Waals surface area contributed by atoms with Gasteiger partial charge >= 0.3 is 12.1 Å². The maximum atomic E-state index is 12.1. The first kappa shape index (κ1) is 21.7. The molecule has 1 aliphatic rings. The Morgan fingerprint density at radius 2 is 1.88 bits per heavy atom. The molecule has 26 heavy (non-hydrogen) atoms. The molecule has 148 valence electrons. The monoisotopic (exact) mass is 371 g/mol. The number of piperidine rings is 1. The molecule has 0 aliphatic carbocycles. The van der Waals surface area contributed by atoms with E-state index in [2.05, 4.69) is 5.32 Å². The van der Waals surface area contributed by atoms with Crippen LogP contribution in [0.25, 0.3) is 0 Å². The number of carbonyl (C=O) groups excluding carboxylic acids is 4. The van der Waals surface area contributed by atoms with Crippen molar-refractivity contribution in [3.63, 3.8) is 0 Å². The van der Waals surface area contributed by atoms with Crippen LogP contribution in [0.2, 0.25) is 0 Å². The van der Waals surface area contributed by atoms with Crippen molar-refractivity contribution in [3.8, 4) is 0 Å². The molecule has 0 spiro atoms. The van der Waals surface area contributed by atoms with E-state index >= 15 is 0 Å². The number of hydrogen-bond acceptors (Lipinski definition) is 6. The Kier molecular flexibility index (Phi) is 8.34. The van der Waals surface area contributed by atoms with E-state index in [1.165, 1.54) is 4.90 Å². The minimum absolute atomic E-state index is 0.0579. The lowest BCUT2D eigenvalue weighted by molar-refractivity contribution is -0.154. The summed E-state index contributed by atoms with van der Waals surface area (Å²) in [5.41, 5.74) is 4.73. The van der Waals surface area contributed by atoms with Gasteiger partial charge in [0.15, 0.2) is 6.61 Å². The predicted octanol–water partition coefficient (Wildman–Crippen LogP) is 0.701. The number of rotatable bonds is 7. The third-order valence-corrected chi connectivity index (χ3v) is 3.73. The highest BCUT2D eigenvalue weighted by molar-refractivity contribution is 5.88. The van der Waals surface area contributed by atoms with Crippen LogP contribution in [0.5, 0.6) is 0 Å². The molecule has 0 bridgehead atoms. The Labute approximate surface area is 153 Å². The zero-order valence-corrected chi connectivity index (χ0v) is 15.7. The van der Waals surface area contributed by atoms with Crippen molar-refractivity contribution in [2.24, 2.45) is 5.73 Å². The fourth-order valence-corrected chi connectivity index (χ4v) is 2.56. The Bertz CT molecular complexity index is 529. The summed E-state index contributed by atoms with van der Waals surface area (Å²) >= 11 is 0. The van der Waals surface area contributed by atoms with Gasteiger partial charge in [0.1, 0.15) is 11.6 Å². The van der Waals surface area contributed by atoms with Crippen molar-refractivity contribution in [2.75, 3.05) is 19.7 Å². The van der Waals surface area contributed by atoms with Crippen LogP contribution in [0.4, 0.5) is 4.79 Å². The van der Waals surface area contributed by atoms with Gasteiger partial charge < -0.3 is 25.4 Å². The number of primary amides is 1. The Morgan fingerprint density at radius 1 is 1.19 bits per heavy atom. The van der Waals surface area contributed by atoms with Crippen LogP contribution in [0.3, 0.4) is 0 Å². The Balaban J connectivity index is 2.24. The summed E-state index contributed by atoms with van der Waals surface area (Å²) in [7, 11) is 0. The first-order valence-corrected chi connectivity index (χ1v) is 8.81. The summed E-state index contributed by atoms with van der Waals surface area (Å²) in [4.78, 5) is 48.0. The second-order valence-electron chi connectivity index (χ2n) is 7.19. The summed E-state index contributed by atoms with van der Waals surface area (Å²) in [5, 5.41) is 2.53. The van der Waals surface area contributed by atoms with Crippen molar-refractivity contribution in [1.29, 1.82) is 0 Å². The number of ether oxygens (including phenoxy) is 2. The van der Waals surface area contributed by atoms with Gasteiger partial charge in [-0.1, -0.05) is 0 Å². The standard InChI is InChI=1S/C17H29N3O6/c1-17(2,3)26-16(24)19-9-6-8-14(22)25-11-13(21)20-10-5-4-7-12(20)15(18)23/h12H,4-11H2,1-3H3,(H2,18,23)(H,19,24)/t12-/m1/s1. The lowest BCUT2D eigenvalue weighted by Crippen LogP contribution is -2.51. The summed E-state index contributed by atoms with van der Waals surface area (Å²) in [6, 6.07) is -0.631. The lowest BCUT2D eigenvalue weighted by Gasteiger charge is -2.33. The van der Waals surface area contributed by atoms with Gasteiger partial charge in [-0.3, -0.25) is 14.4 Å². The maximum Gasteiger partial charge on any atom is 0.407 e. The zero-order valence-electron chi connectivity index (χ0n) is 15.7. The molecular weight excluding hydrogens is 342 g/mol. The van der Waals surface area contributed by atoms with E-state index in [-0.39, 0.29) is 13.0 Å². The fourth-order valence-electron chi connectivity index (χ4n) is 2.56. The van der Waals surface area contributed by atoms with E-state index < -0.39 is 42.1 Å². The number of amides is 3. The highest BCUT2D eigenvalue weighted by Gasteiger charge is 2.30. The first-order chi connectivity index (χ1) is 12.1. The van der Waals surface area contributed by atoms with E-state index in [1.807, 2.05) is 0 Å². The highest BCUT2D eigenvalue weighted by Crippen LogP contribution is 2.17. The normalized spacial score (nSPS) is 17.3. The summed E-state index contributed by atoms with van der Waals surface area (Å²) < 4.78 is 10.0. The number of alkyl carbamates (subject to hydrolysis) is 1. The number of esters is 1. The molecule has 3 N–H and O–H groups in total. The molecule has 1 aliphatic heterocycles. The Hall–Kier alpha value is -2.32. The van der Waals surface area contributed by atoms with E-state index in [4.69, 9.17) is 15.2 Å². The Morgan fingerprint density at radius 3 is 2.50 bits per heavy atom.